The van der Waals surface area contributed by atoms with Crippen molar-refractivity contribution in [3.63, 3.8) is 0 Å². The van der Waals surface area contributed by atoms with E-state index in [9.17, 15) is 8.42 Å². The highest BCUT2D eigenvalue weighted by Gasteiger charge is 2.30. The molecular formula is C5H13N3O2S. The highest BCUT2D eigenvalue weighted by atomic mass is 32.2. The van der Waals surface area contributed by atoms with Gasteiger partial charge in [-0.1, -0.05) is 0 Å². The van der Waals surface area contributed by atoms with Crippen LogP contribution in [0.25, 0.3) is 0 Å². The van der Waals surface area contributed by atoms with Gasteiger partial charge in [-0.25, -0.2) is 4.72 Å². The molecule has 0 bridgehead atoms. The van der Waals surface area contributed by atoms with Crippen molar-refractivity contribution in [1.29, 1.82) is 0 Å². The molecule has 66 valence electrons. The van der Waals surface area contributed by atoms with Gasteiger partial charge in [0.25, 0.3) is 10.2 Å². The number of hydrogen-bond acceptors (Lipinski definition) is 3. The van der Waals surface area contributed by atoms with Gasteiger partial charge in [0.2, 0.25) is 0 Å². The van der Waals surface area contributed by atoms with Crippen LogP contribution in [0.2, 0.25) is 0 Å². The number of hydrogen-bond donors (Lipinski definition) is 2. The Morgan fingerprint density at radius 3 is 2.64 bits per heavy atom. The summed E-state index contributed by atoms with van der Waals surface area (Å²) >= 11 is 0. The van der Waals surface area contributed by atoms with E-state index in [2.05, 4.69) is 4.72 Å². The maximum atomic E-state index is 11.1. The van der Waals surface area contributed by atoms with Crippen molar-refractivity contribution in [3.05, 3.63) is 0 Å². The Morgan fingerprint density at radius 2 is 2.27 bits per heavy atom. The average Bonchev–Trinajstić information content (AvgIpc) is 2.36. The maximum absolute atomic E-state index is 11.1. The number of rotatable bonds is 2. The van der Waals surface area contributed by atoms with Crippen LogP contribution in [0.5, 0.6) is 0 Å². The fourth-order valence-corrected chi connectivity index (χ4v) is 2.25. The van der Waals surface area contributed by atoms with Crippen molar-refractivity contribution < 1.29 is 8.42 Å². The summed E-state index contributed by atoms with van der Waals surface area (Å²) in [5.74, 6) is 0. The monoisotopic (exact) mass is 179 g/mol. The Morgan fingerprint density at radius 1 is 1.64 bits per heavy atom. The third-order valence-corrected chi connectivity index (χ3v) is 3.40. The Balaban J connectivity index is 2.75. The highest BCUT2D eigenvalue weighted by Crippen LogP contribution is 2.15. The van der Waals surface area contributed by atoms with Crippen molar-refractivity contribution in [3.8, 4) is 0 Å². The second-order valence-electron chi connectivity index (χ2n) is 2.53. The third kappa shape index (κ3) is 1.70. The van der Waals surface area contributed by atoms with Crippen LogP contribution in [0, 0.1) is 0 Å². The van der Waals surface area contributed by atoms with Crippen molar-refractivity contribution in [2.75, 3.05) is 13.6 Å². The van der Waals surface area contributed by atoms with Gasteiger partial charge >= 0.3 is 0 Å². The van der Waals surface area contributed by atoms with Crippen LogP contribution in [0.1, 0.15) is 12.8 Å². The van der Waals surface area contributed by atoms with E-state index < -0.39 is 10.2 Å². The normalized spacial score (nSPS) is 27.6. The van der Waals surface area contributed by atoms with Gasteiger partial charge in [-0.3, -0.25) is 0 Å². The summed E-state index contributed by atoms with van der Waals surface area (Å²) in [5.41, 5.74) is 5.55. The Bertz CT molecular complexity index is 226. The maximum Gasteiger partial charge on any atom is 0.280 e. The van der Waals surface area contributed by atoms with Crippen molar-refractivity contribution in [2.45, 2.75) is 19.0 Å². The summed E-state index contributed by atoms with van der Waals surface area (Å²) in [5, 5.41) is 0. The largest absolute Gasteiger partial charge is 0.315 e. The van der Waals surface area contributed by atoms with Gasteiger partial charge in [-0.05, 0) is 12.8 Å². The molecule has 0 aromatic rings. The molecule has 1 aliphatic rings. The van der Waals surface area contributed by atoms with Gasteiger partial charge in [0.05, 0.1) is 6.17 Å². The van der Waals surface area contributed by atoms with Gasteiger partial charge in [-0.2, -0.15) is 12.7 Å². The smallest absolute Gasteiger partial charge is 0.280 e. The van der Waals surface area contributed by atoms with E-state index in [-0.39, 0.29) is 6.17 Å². The van der Waals surface area contributed by atoms with E-state index in [1.165, 1.54) is 11.4 Å². The standard InChI is InChI=1S/C5H13N3O2S/c1-7-11(9,10)8-4-2-3-5(8)6/h5,7H,2-4,6H2,1H3. The highest BCUT2D eigenvalue weighted by molar-refractivity contribution is 7.87. The molecule has 0 amide bonds. The van der Waals surface area contributed by atoms with Crippen molar-refractivity contribution in [2.24, 2.45) is 5.73 Å². The molecule has 0 saturated carbocycles. The molecular weight excluding hydrogens is 166 g/mol. The average molecular weight is 179 g/mol. The fourth-order valence-electron chi connectivity index (χ4n) is 1.18. The molecule has 0 aromatic carbocycles. The first-order valence-electron chi connectivity index (χ1n) is 3.54. The number of nitrogens with two attached hydrogens (primary N) is 1. The van der Waals surface area contributed by atoms with Crippen molar-refractivity contribution in [1.82, 2.24) is 9.03 Å². The second-order valence-corrected chi connectivity index (χ2v) is 4.36. The molecule has 0 aliphatic carbocycles. The molecule has 0 aromatic heterocycles. The minimum atomic E-state index is -3.29. The van der Waals surface area contributed by atoms with E-state index in [0.717, 1.165) is 12.8 Å². The zero-order valence-electron chi connectivity index (χ0n) is 6.45. The summed E-state index contributed by atoms with van der Waals surface area (Å²) < 4.78 is 25.8. The fraction of sp³-hybridized carbons (Fsp3) is 1.00. The van der Waals surface area contributed by atoms with Crippen LogP contribution in [-0.4, -0.2) is 32.5 Å². The van der Waals surface area contributed by atoms with Crippen LogP contribution >= 0.6 is 0 Å². The molecule has 3 N–H and O–H groups in total. The molecule has 1 fully saturated rings. The summed E-state index contributed by atoms with van der Waals surface area (Å²) in [6.07, 6.45) is 1.26. The molecule has 5 nitrogen and oxygen atoms in total. The van der Waals surface area contributed by atoms with Crippen LogP contribution in [0.15, 0.2) is 0 Å². The number of nitrogens with zero attached hydrogens (tertiary/aromatic N) is 1. The van der Waals surface area contributed by atoms with E-state index in [1.807, 2.05) is 0 Å². The lowest BCUT2D eigenvalue weighted by atomic mass is 10.3. The van der Waals surface area contributed by atoms with Gasteiger partial charge in [-0.15, -0.1) is 0 Å². The zero-order chi connectivity index (χ0) is 8.48. The first-order valence-corrected chi connectivity index (χ1v) is 4.98. The molecule has 1 aliphatic heterocycles. The first-order chi connectivity index (χ1) is 5.08. The van der Waals surface area contributed by atoms with Gasteiger partial charge < -0.3 is 5.73 Å². The molecule has 11 heavy (non-hydrogen) atoms. The summed E-state index contributed by atoms with van der Waals surface area (Å²) in [7, 11) is -1.90. The predicted molar refractivity (Wildman–Crippen MR) is 41.9 cm³/mol. The molecule has 6 heteroatoms. The first kappa shape index (κ1) is 8.92. The quantitative estimate of drug-likeness (QED) is 0.561. The lowest BCUT2D eigenvalue weighted by molar-refractivity contribution is 0.391. The zero-order valence-corrected chi connectivity index (χ0v) is 7.26. The molecule has 0 radical (unpaired) electrons. The minimum Gasteiger partial charge on any atom is -0.315 e. The van der Waals surface area contributed by atoms with Crippen molar-refractivity contribution >= 4 is 10.2 Å². The van der Waals surface area contributed by atoms with Crippen LogP contribution < -0.4 is 10.5 Å². The summed E-state index contributed by atoms with van der Waals surface area (Å²) in [6, 6.07) is 0. The molecule has 1 saturated heterocycles. The van der Waals surface area contributed by atoms with Crippen LogP contribution in [-0.2, 0) is 10.2 Å². The van der Waals surface area contributed by atoms with E-state index >= 15 is 0 Å². The predicted octanol–water partition coefficient (Wildman–Crippen LogP) is -1.17. The number of nitrogens with one attached hydrogen (secondary N) is 1. The summed E-state index contributed by atoms with van der Waals surface area (Å²) in [6.45, 7) is 0.532. The Labute approximate surface area is 66.7 Å². The minimum absolute atomic E-state index is 0.340. The Hall–Kier alpha value is -0.170. The SMILES string of the molecule is CNS(=O)(=O)N1CCCC1N. The molecule has 0 spiro atoms. The van der Waals surface area contributed by atoms with Crippen LogP contribution in [0.4, 0.5) is 0 Å². The lowest BCUT2D eigenvalue weighted by Gasteiger charge is -2.19. The topological polar surface area (TPSA) is 75.4 Å². The molecule has 1 atom stereocenters. The molecule has 1 rings (SSSR count). The Kier molecular flexibility index (Phi) is 2.48. The van der Waals surface area contributed by atoms with E-state index in [1.54, 1.807) is 0 Å². The third-order valence-electron chi connectivity index (χ3n) is 1.81. The van der Waals surface area contributed by atoms with Gasteiger partial charge in [0.1, 0.15) is 0 Å². The van der Waals surface area contributed by atoms with Gasteiger partial charge in [0, 0.05) is 13.6 Å². The second kappa shape index (κ2) is 3.06. The van der Waals surface area contributed by atoms with E-state index in [4.69, 9.17) is 5.73 Å². The lowest BCUT2D eigenvalue weighted by Crippen LogP contribution is -2.45. The molecule has 1 heterocycles. The van der Waals surface area contributed by atoms with E-state index in [0.29, 0.717) is 6.54 Å². The summed E-state index contributed by atoms with van der Waals surface area (Å²) in [4.78, 5) is 0. The van der Waals surface area contributed by atoms with Gasteiger partial charge in [0.15, 0.2) is 0 Å². The van der Waals surface area contributed by atoms with Crippen LogP contribution in [0.3, 0.4) is 0 Å². The molecule has 1 unspecified atom stereocenters.